The molecule has 1 amide bonds. The van der Waals surface area contributed by atoms with E-state index in [1.165, 1.54) is 0 Å². The van der Waals surface area contributed by atoms with E-state index in [-0.39, 0.29) is 12.5 Å². The zero-order valence-electron chi connectivity index (χ0n) is 13.1. The summed E-state index contributed by atoms with van der Waals surface area (Å²) in [7, 11) is 0. The van der Waals surface area contributed by atoms with Crippen LogP contribution in [0.5, 0.6) is 5.75 Å². The average molecular weight is 337 g/mol. The number of nitrogens with zero attached hydrogens (tertiary/aromatic N) is 1. The van der Waals surface area contributed by atoms with Gasteiger partial charge in [0.2, 0.25) is 0 Å². The van der Waals surface area contributed by atoms with Crippen molar-refractivity contribution in [2.24, 2.45) is 0 Å². The monoisotopic (exact) mass is 337 g/mol. The van der Waals surface area contributed by atoms with Gasteiger partial charge in [-0.05, 0) is 36.4 Å². The van der Waals surface area contributed by atoms with Crippen LogP contribution in [-0.2, 0) is 4.79 Å². The Labute approximate surface area is 143 Å². The first-order valence-corrected chi connectivity index (χ1v) is 7.43. The Morgan fingerprint density at radius 1 is 1.20 bits per heavy atom. The van der Waals surface area contributed by atoms with Crippen LogP contribution in [0.4, 0.5) is 11.4 Å². The number of rotatable bonds is 1. The number of carbonyl (C=O) groups excluding carboxylic acids is 1. The second-order valence-corrected chi connectivity index (χ2v) is 5.31. The minimum Gasteiger partial charge on any atom is -0.482 e. The Hall–Kier alpha value is -3.61. The smallest absolute Gasteiger partial charge is 0.335 e. The van der Waals surface area contributed by atoms with Gasteiger partial charge in [0.25, 0.3) is 5.91 Å². The minimum absolute atomic E-state index is 0.0659. The Bertz CT molecular complexity index is 956. The molecule has 1 aliphatic rings. The number of carbonyl (C=O) groups is 2. The summed E-state index contributed by atoms with van der Waals surface area (Å²) in [5, 5.41) is 12.2. The van der Waals surface area contributed by atoms with E-state index in [2.05, 4.69) is 10.3 Å². The third kappa shape index (κ3) is 3.84. The highest BCUT2D eigenvalue weighted by molar-refractivity contribution is 5.95. The quantitative estimate of drug-likeness (QED) is 0.588. The highest BCUT2D eigenvalue weighted by Gasteiger charge is 2.14. The molecular formula is C18H15N3O4. The van der Waals surface area contributed by atoms with Crippen molar-refractivity contribution in [1.82, 2.24) is 4.98 Å². The topological polar surface area (TPSA) is 115 Å². The third-order valence-corrected chi connectivity index (χ3v) is 3.49. The number of nitrogen functional groups attached to an aromatic ring is 1. The van der Waals surface area contributed by atoms with Crippen LogP contribution in [0.3, 0.4) is 0 Å². The molecule has 25 heavy (non-hydrogen) atoms. The SMILES string of the molecule is Nc1ccc2c(c1)OCC(=O)N2.O=C(O)c1ccc2ncccc2c1. The molecule has 0 saturated heterocycles. The lowest BCUT2D eigenvalue weighted by Gasteiger charge is -2.17. The van der Waals surface area contributed by atoms with Crippen LogP contribution in [0.2, 0.25) is 0 Å². The average Bonchev–Trinajstić information content (AvgIpc) is 2.62. The van der Waals surface area contributed by atoms with E-state index in [9.17, 15) is 9.59 Å². The van der Waals surface area contributed by atoms with Crippen LogP contribution in [0, 0.1) is 0 Å². The number of nitrogens with one attached hydrogen (secondary N) is 1. The van der Waals surface area contributed by atoms with Crippen molar-refractivity contribution >= 4 is 34.2 Å². The van der Waals surface area contributed by atoms with E-state index in [1.807, 2.05) is 6.07 Å². The molecule has 7 nitrogen and oxygen atoms in total. The highest BCUT2D eigenvalue weighted by Crippen LogP contribution is 2.29. The number of fused-ring (bicyclic) bond motifs is 2. The largest absolute Gasteiger partial charge is 0.482 e. The van der Waals surface area contributed by atoms with Crippen molar-refractivity contribution in [3.8, 4) is 5.75 Å². The molecule has 0 bridgehead atoms. The van der Waals surface area contributed by atoms with E-state index >= 15 is 0 Å². The van der Waals surface area contributed by atoms with E-state index < -0.39 is 5.97 Å². The summed E-state index contributed by atoms with van der Waals surface area (Å²) in [4.78, 5) is 25.6. The fourth-order valence-corrected chi connectivity index (χ4v) is 2.30. The summed E-state index contributed by atoms with van der Waals surface area (Å²) in [6.07, 6.45) is 1.68. The van der Waals surface area contributed by atoms with Gasteiger partial charge in [-0.15, -0.1) is 0 Å². The van der Waals surface area contributed by atoms with Gasteiger partial charge in [-0.25, -0.2) is 4.79 Å². The Kier molecular flexibility index (Phi) is 4.47. The van der Waals surface area contributed by atoms with Gasteiger partial charge < -0.3 is 20.9 Å². The number of carboxylic acid groups (broad SMARTS) is 1. The summed E-state index contributed by atoms with van der Waals surface area (Å²) in [6, 6.07) is 13.6. The molecule has 0 radical (unpaired) electrons. The number of hydrogen-bond donors (Lipinski definition) is 3. The van der Waals surface area contributed by atoms with Crippen molar-refractivity contribution in [2.75, 3.05) is 17.7 Å². The maximum atomic E-state index is 10.8. The Morgan fingerprint density at radius 3 is 2.84 bits per heavy atom. The third-order valence-electron chi connectivity index (χ3n) is 3.49. The summed E-state index contributed by atoms with van der Waals surface area (Å²) in [6.45, 7) is 0.0659. The predicted molar refractivity (Wildman–Crippen MR) is 93.7 cm³/mol. The summed E-state index contributed by atoms with van der Waals surface area (Å²) < 4.78 is 5.12. The van der Waals surface area contributed by atoms with Crippen molar-refractivity contribution in [2.45, 2.75) is 0 Å². The predicted octanol–water partition coefficient (Wildman–Crippen LogP) is 2.53. The number of pyridine rings is 1. The molecule has 0 aliphatic carbocycles. The normalized spacial score (nSPS) is 12.2. The molecule has 1 aromatic heterocycles. The van der Waals surface area contributed by atoms with Crippen molar-refractivity contribution in [3.63, 3.8) is 0 Å². The first-order chi connectivity index (χ1) is 12.0. The molecule has 126 valence electrons. The number of ether oxygens (including phenoxy) is 1. The van der Waals surface area contributed by atoms with Crippen LogP contribution >= 0.6 is 0 Å². The summed E-state index contributed by atoms with van der Waals surface area (Å²) in [5.74, 6) is -0.410. The first kappa shape index (κ1) is 16.3. The second kappa shape index (κ2) is 6.88. The molecule has 4 rings (SSSR count). The van der Waals surface area contributed by atoms with Gasteiger partial charge in [-0.2, -0.15) is 0 Å². The van der Waals surface area contributed by atoms with Crippen LogP contribution < -0.4 is 15.8 Å². The van der Waals surface area contributed by atoms with Crippen molar-refractivity contribution < 1.29 is 19.4 Å². The fraction of sp³-hybridized carbons (Fsp3) is 0.0556. The number of hydrogen-bond acceptors (Lipinski definition) is 5. The van der Waals surface area contributed by atoms with Crippen LogP contribution in [0.15, 0.2) is 54.7 Å². The molecule has 4 N–H and O–H groups in total. The van der Waals surface area contributed by atoms with Crippen molar-refractivity contribution in [1.29, 1.82) is 0 Å². The van der Waals surface area contributed by atoms with E-state index in [0.29, 0.717) is 22.7 Å². The maximum Gasteiger partial charge on any atom is 0.335 e. The van der Waals surface area contributed by atoms with Gasteiger partial charge in [-0.3, -0.25) is 9.78 Å². The molecule has 0 atom stereocenters. The molecule has 1 aliphatic heterocycles. The molecular weight excluding hydrogens is 322 g/mol. The first-order valence-electron chi connectivity index (χ1n) is 7.43. The lowest BCUT2D eigenvalue weighted by molar-refractivity contribution is -0.118. The Balaban J connectivity index is 0.000000146. The van der Waals surface area contributed by atoms with Crippen molar-refractivity contribution in [3.05, 3.63) is 60.3 Å². The zero-order valence-corrected chi connectivity index (χ0v) is 13.1. The zero-order chi connectivity index (χ0) is 17.8. The Morgan fingerprint density at radius 2 is 2.04 bits per heavy atom. The minimum atomic E-state index is -0.911. The summed E-state index contributed by atoms with van der Waals surface area (Å²) >= 11 is 0. The number of anilines is 2. The van der Waals surface area contributed by atoms with Crippen LogP contribution in [0.1, 0.15) is 10.4 Å². The van der Waals surface area contributed by atoms with Gasteiger partial charge >= 0.3 is 5.97 Å². The van der Waals surface area contributed by atoms with Crippen LogP contribution in [0.25, 0.3) is 10.9 Å². The van der Waals surface area contributed by atoms with Crippen LogP contribution in [-0.4, -0.2) is 28.6 Å². The number of aromatic nitrogens is 1. The van der Waals surface area contributed by atoms with Gasteiger partial charge in [0.05, 0.1) is 16.8 Å². The lowest BCUT2D eigenvalue weighted by Crippen LogP contribution is -2.25. The molecule has 7 heteroatoms. The number of carboxylic acids is 1. The standard InChI is InChI=1S/C10H7NO2.C8H8N2O2/c12-10(13)8-3-4-9-7(6-8)2-1-5-11-9;9-5-1-2-6-7(3-5)12-4-8(11)10-6/h1-6H,(H,12,13);1-3H,4,9H2,(H,10,11). The number of aromatic carboxylic acids is 1. The highest BCUT2D eigenvalue weighted by atomic mass is 16.5. The van der Waals surface area contributed by atoms with Gasteiger partial charge in [0.15, 0.2) is 6.61 Å². The molecule has 0 saturated carbocycles. The van der Waals surface area contributed by atoms with E-state index in [4.69, 9.17) is 15.6 Å². The molecule has 2 heterocycles. The number of nitrogens with two attached hydrogens (primary N) is 1. The molecule has 0 spiro atoms. The van der Waals surface area contributed by atoms with Gasteiger partial charge in [0.1, 0.15) is 5.75 Å². The lowest BCUT2D eigenvalue weighted by atomic mass is 10.1. The maximum absolute atomic E-state index is 10.8. The molecule has 2 aromatic carbocycles. The number of benzene rings is 2. The second-order valence-electron chi connectivity index (χ2n) is 5.31. The molecule has 0 fully saturated rings. The van der Waals surface area contributed by atoms with Gasteiger partial charge in [-0.1, -0.05) is 6.07 Å². The summed E-state index contributed by atoms with van der Waals surface area (Å²) in [5.41, 5.74) is 7.94. The molecule has 3 aromatic rings. The fourth-order valence-electron chi connectivity index (χ4n) is 2.30. The van der Waals surface area contributed by atoms with E-state index in [1.54, 1.807) is 48.7 Å². The van der Waals surface area contributed by atoms with Gasteiger partial charge in [0, 0.05) is 23.3 Å². The number of amides is 1. The molecule has 0 unspecified atom stereocenters. The van der Waals surface area contributed by atoms with E-state index in [0.717, 1.165) is 10.9 Å².